The average Bonchev–Trinajstić information content (AvgIpc) is 2.61. The Labute approximate surface area is 146 Å². The maximum atomic E-state index is 13.4. The summed E-state index contributed by atoms with van der Waals surface area (Å²) in [6.45, 7) is 1.30. The number of piperidine rings is 1. The van der Waals surface area contributed by atoms with E-state index >= 15 is 0 Å². The molecule has 1 aliphatic rings. The molecule has 2 heterocycles. The van der Waals surface area contributed by atoms with Gasteiger partial charge in [-0.25, -0.2) is 9.18 Å². The summed E-state index contributed by atoms with van der Waals surface area (Å²) < 4.78 is 13.4. The van der Waals surface area contributed by atoms with Crippen molar-refractivity contribution in [3.8, 4) is 0 Å². The fraction of sp³-hybridized carbons (Fsp3) is 0.368. The number of nitrogens with one attached hydrogen (secondary N) is 1. The van der Waals surface area contributed by atoms with Gasteiger partial charge in [-0.15, -0.1) is 0 Å². The molecule has 0 aliphatic carbocycles. The number of carboxylic acid groups (broad SMARTS) is 1. The van der Waals surface area contributed by atoms with Crippen LogP contribution in [0.1, 0.15) is 18.4 Å². The van der Waals surface area contributed by atoms with Crippen molar-refractivity contribution in [3.05, 3.63) is 60.2 Å². The van der Waals surface area contributed by atoms with Crippen molar-refractivity contribution in [1.82, 2.24) is 9.88 Å². The Morgan fingerprint density at radius 3 is 2.84 bits per heavy atom. The van der Waals surface area contributed by atoms with Gasteiger partial charge in [0.25, 0.3) is 0 Å². The minimum absolute atomic E-state index is 0.128. The summed E-state index contributed by atoms with van der Waals surface area (Å²) in [5.41, 5.74) is 1.84. The van der Waals surface area contributed by atoms with Gasteiger partial charge >= 0.3 is 6.09 Å². The lowest BCUT2D eigenvalue weighted by molar-refractivity contribution is 0.0917. The first-order valence-corrected chi connectivity index (χ1v) is 8.49. The van der Waals surface area contributed by atoms with Crippen molar-refractivity contribution < 1.29 is 14.3 Å². The Hall–Kier alpha value is -2.63. The largest absolute Gasteiger partial charge is 0.465 e. The van der Waals surface area contributed by atoms with Crippen molar-refractivity contribution in [1.29, 1.82) is 0 Å². The van der Waals surface area contributed by atoms with E-state index in [1.165, 1.54) is 17.0 Å². The Bertz CT molecular complexity index is 711. The van der Waals surface area contributed by atoms with E-state index in [2.05, 4.69) is 10.3 Å². The molecule has 25 heavy (non-hydrogen) atoms. The minimum Gasteiger partial charge on any atom is -0.465 e. The first-order chi connectivity index (χ1) is 12.1. The molecule has 5 nitrogen and oxygen atoms in total. The van der Waals surface area contributed by atoms with Gasteiger partial charge in [-0.1, -0.05) is 12.1 Å². The van der Waals surface area contributed by atoms with Crippen molar-refractivity contribution in [2.45, 2.75) is 25.3 Å². The van der Waals surface area contributed by atoms with Crippen LogP contribution in [0.2, 0.25) is 0 Å². The van der Waals surface area contributed by atoms with Crippen molar-refractivity contribution >= 4 is 11.8 Å². The zero-order chi connectivity index (χ0) is 17.6. The zero-order valence-corrected chi connectivity index (χ0v) is 13.9. The van der Waals surface area contributed by atoms with Gasteiger partial charge in [-0.05, 0) is 55.0 Å². The van der Waals surface area contributed by atoms with E-state index in [-0.39, 0.29) is 11.9 Å². The Balaban J connectivity index is 1.64. The third-order valence-corrected chi connectivity index (χ3v) is 4.71. The number of aromatic nitrogens is 1. The first-order valence-electron chi connectivity index (χ1n) is 8.49. The van der Waals surface area contributed by atoms with Gasteiger partial charge < -0.3 is 15.3 Å². The standard InChI is InChI=1S/C19H22FN3O2/c20-16-3-1-2-14(10-16)11-18-12-15(6-9-23(18)19(24)25)13-22-17-4-7-21-8-5-17/h1-5,7-8,10,15,18H,6,9,11-13H2,(H,21,22)(H,24,25). The van der Waals surface area contributed by atoms with Gasteiger partial charge in [0.1, 0.15) is 5.82 Å². The summed E-state index contributed by atoms with van der Waals surface area (Å²) in [7, 11) is 0. The Morgan fingerprint density at radius 2 is 2.12 bits per heavy atom. The summed E-state index contributed by atoms with van der Waals surface area (Å²) in [6, 6.07) is 10.1. The van der Waals surface area contributed by atoms with Crippen LogP contribution in [-0.4, -0.2) is 40.2 Å². The molecule has 1 aliphatic heterocycles. The molecule has 1 amide bonds. The zero-order valence-electron chi connectivity index (χ0n) is 13.9. The lowest BCUT2D eigenvalue weighted by atomic mass is 9.87. The lowest BCUT2D eigenvalue weighted by Gasteiger charge is -2.38. The number of amides is 1. The number of benzene rings is 1. The van der Waals surface area contributed by atoms with Crippen LogP contribution in [0.15, 0.2) is 48.8 Å². The van der Waals surface area contributed by atoms with E-state index in [0.29, 0.717) is 18.9 Å². The third kappa shape index (κ3) is 4.68. The fourth-order valence-electron chi connectivity index (χ4n) is 3.43. The number of hydrogen-bond donors (Lipinski definition) is 2. The summed E-state index contributed by atoms with van der Waals surface area (Å²) in [5.74, 6) is 0.0911. The van der Waals surface area contributed by atoms with Gasteiger partial charge in [0, 0.05) is 37.2 Å². The van der Waals surface area contributed by atoms with E-state index in [1.807, 2.05) is 18.2 Å². The molecule has 1 fully saturated rings. The molecule has 3 rings (SSSR count). The summed E-state index contributed by atoms with van der Waals surface area (Å²) in [6.07, 6.45) is 4.70. The smallest absolute Gasteiger partial charge is 0.407 e. The van der Waals surface area contributed by atoms with E-state index in [1.54, 1.807) is 18.5 Å². The van der Waals surface area contributed by atoms with Crippen LogP contribution in [0.5, 0.6) is 0 Å². The molecule has 2 aromatic rings. The van der Waals surface area contributed by atoms with E-state index in [4.69, 9.17) is 0 Å². The maximum absolute atomic E-state index is 13.4. The number of anilines is 1. The molecule has 0 radical (unpaired) electrons. The average molecular weight is 343 g/mol. The molecule has 6 heteroatoms. The van der Waals surface area contributed by atoms with Gasteiger partial charge in [0.2, 0.25) is 0 Å². The first kappa shape index (κ1) is 17.2. The molecule has 0 bridgehead atoms. The van der Waals surface area contributed by atoms with E-state index < -0.39 is 6.09 Å². The molecule has 2 N–H and O–H groups in total. The maximum Gasteiger partial charge on any atom is 0.407 e. The van der Waals surface area contributed by atoms with Gasteiger partial charge in [-0.3, -0.25) is 4.98 Å². The van der Waals surface area contributed by atoms with E-state index in [0.717, 1.165) is 30.6 Å². The highest BCUT2D eigenvalue weighted by Crippen LogP contribution is 2.26. The van der Waals surface area contributed by atoms with E-state index in [9.17, 15) is 14.3 Å². The molecule has 1 saturated heterocycles. The molecule has 0 spiro atoms. The second kappa shape index (κ2) is 7.96. The molecule has 1 aromatic carbocycles. The lowest BCUT2D eigenvalue weighted by Crippen LogP contribution is -2.47. The number of likely N-dealkylation sites (tertiary alicyclic amines) is 1. The van der Waals surface area contributed by atoms with Crippen LogP contribution >= 0.6 is 0 Å². The summed E-state index contributed by atoms with van der Waals surface area (Å²) >= 11 is 0. The van der Waals surface area contributed by atoms with Crippen molar-refractivity contribution in [2.24, 2.45) is 5.92 Å². The second-order valence-electron chi connectivity index (χ2n) is 6.47. The molecule has 2 unspecified atom stereocenters. The third-order valence-electron chi connectivity index (χ3n) is 4.71. The monoisotopic (exact) mass is 343 g/mol. The topological polar surface area (TPSA) is 65.5 Å². The quantitative estimate of drug-likeness (QED) is 0.870. The highest BCUT2D eigenvalue weighted by Gasteiger charge is 2.31. The highest BCUT2D eigenvalue weighted by atomic mass is 19.1. The number of rotatable bonds is 5. The SMILES string of the molecule is O=C(O)N1CCC(CNc2ccncc2)CC1Cc1cccc(F)c1. The molecule has 132 valence electrons. The van der Waals surface area contributed by atoms with Crippen molar-refractivity contribution in [3.63, 3.8) is 0 Å². The number of halogens is 1. The molecular formula is C19H22FN3O2. The number of nitrogens with zero attached hydrogens (tertiary/aromatic N) is 2. The number of hydrogen-bond acceptors (Lipinski definition) is 3. The van der Waals surface area contributed by atoms with Gasteiger partial charge in [0.05, 0.1) is 0 Å². The minimum atomic E-state index is -0.901. The van der Waals surface area contributed by atoms with Crippen LogP contribution in [0.4, 0.5) is 14.9 Å². The molecular weight excluding hydrogens is 321 g/mol. The highest BCUT2D eigenvalue weighted by molar-refractivity contribution is 5.65. The van der Waals surface area contributed by atoms with Crippen LogP contribution < -0.4 is 5.32 Å². The van der Waals surface area contributed by atoms with Gasteiger partial charge in [0.15, 0.2) is 0 Å². The Kier molecular flexibility index (Phi) is 5.48. The molecule has 1 aromatic heterocycles. The summed E-state index contributed by atoms with van der Waals surface area (Å²) in [5, 5.41) is 12.9. The Morgan fingerprint density at radius 1 is 1.32 bits per heavy atom. The number of carbonyl (C=O) groups is 1. The fourth-order valence-corrected chi connectivity index (χ4v) is 3.43. The van der Waals surface area contributed by atoms with Crippen molar-refractivity contribution in [2.75, 3.05) is 18.4 Å². The predicted molar refractivity (Wildman–Crippen MR) is 94.1 cm³/mol. The van der Waals surface area contributed by atoms with Crippen LogP contribution in [0.3, 0.4) is 0 Å². The van der Waals surface area contributed by atoms with Crippen LogP contribution in [0.25, 0.3) is 0 Å². The van der Waals surface area contributed by atoms with Crippen LogP contribution in [0, 0.1) is 11.7 Å². The van der Waals surface area contributed by atoms with Gasteiger partial charge in [-0.2, -0.15) is 0 Å². The van der Waals surface area contributed by atoms with Crippen LogP contribution in [-0.2, 0) is 6.42 Å². The second-order valence-corrected chi connectivity index (χ2v) is 6.47. The normalized spacial score (nSPS) is 20.3. The number of pyridine rings is 1. The molecule has 0 saturated carbocycles. The predicted octanol–water partition coefficient (Wildman–Crippen LogP) is 3.63. The summed E-state index contributed by atoms with van der Waals surface area (Å²) in [4.78, 5) is 17.0. The molecule has 2 atom stereocenters.